The van der Waals surface area contributed by atoms with Crippen LogP contribution in [0.5, 0.6) is 0 Å². The van der Waals surface area contributed by atoms with E-state index in [2.05, 4.69) is 160 Å². The highest BCUT2D eigenvalue weighted by molar-refractivity contribution is 5.85. The van der Waals surface area contributed by atoms with Gasteiger partial charge in [0.25, 0.3) is 0 Å². The summed E-state index contributed by atoms with van der Waals surface area (Å²) in [5.74, 6) is 0. The van der Waals surface area contributed by atoms with E-state index in [0.717, 1.165) is 6.42 Å². The highest BCUT2D eigenvalue weighted by Crippen LogP contribution is 2.55. The van der Waals surface area contributed by atoms with Gasteiger partial charge >= 0.3 is 0 Å². The van der Waals surface area contributed by atoms with Crippen molar-refractivity contribution in [2.45, 2.75) is 174 Å². The summed E-state index contributed by atoms with van der Waals surface area (Å²) in [7, 11) is 0. The molecule has 0 amide bonds. The number of aryl methyl sites for hydroxylation is 6. The van der Waals surface area contributed by atoms with Crippen molar-refractivity contribution < 1.29 is 0 Å². The van der Waals surface area contributed by atoms with Crippen molar-refractivity contribution in [3.05, 3.63) is 172 Å². The molecule has 1 nitrogen and oxygen atoms in total. The van der Waals surface area contributed by atoms with Crippen molar-refractivity contribution in [2.24, 2.45) is 0 Å². The van der Waals surface area contributed by atoms with Crippen LogP contribution in [-0.4, -0.2) is 0 Å². The molecular formula is C63H77N. The maximum Gasteiger partial charge on any atom is 0.0464 e. The van der Waals surface area contributed by atoms with E-state index in [0.29, 0.717) is 0 Å². The Morgan fingerprint density at radius 3 is 1.56 bits per heavy atom. The molecule has 0 N–H and O–H groups in total. The van der Waals surface area contributed by atoms with E-state index in [-0.39, 0.29) is 5.41 Å². The minimum absolute atomic E-state index is 0.0814. The van der Waals surface area contributed by atoms with Crippen molar-refractivity contribution in [3.63, 3.8) is 0 Å². The van der Waals surface area contributed by atoms with E-state index in [4.69, 9.17) is 0 Å². The third-order valence-electron chi connectivity index (χ3n) is 15.0. The SMILES string of the molecule is CCCCCCCCC1(CCCCCCCC)c2cc(C)ccc2-c2ccc(-c3ccc(N(c4ccc(C)cc4)c4cccc(CCCCCCc5ccc6c(c5)CC6)c4)cc3)cc21. The standard InChI is InChI=1S/C63H77N/c1-5-7-9-11-15-19-42-63(43-20-16-12-10-8-6-2)61-44-49(4)28-40-59(61)60-41-35-55(47-62(60)63)53-33-38-57(39-34-53)64(56-36-26-48(3)27-37-56)58-25-21-24-50(46-58)22-17-13-14-18-23-51-29-30-52-31-32-54(52)45-51/h21,24-30,33-41,44-47H,5-20,22-23,31-32,42-43H2,1-4H3. The average Bonchev–Trinajstić information content (AvgIpc) is 3.56. The molecule has 0 aliphatic heterocycles. The molecule has 0 fully saturated rings. The Kier molecular flexibility index (Phi) is 15.9. The Labute approximate surface area is 388 Å². The number of unbranched alkanes of at least 4 members (excludes halogenated alkanes) is 13. The van der Waals surface area contributed by atoms with Crippen molar-refractivity contribution in [3.8, 4) is 22.3 Å². The molecule has 0 saturated heterocycles. The van der Waals surface area contributed by atoms with E-state index in [1.165, 1.54) is 196 Å². The monoisotopic (exact) mass is 848 g/mol. The average molecular weight is 848 g/mol. The molecule has 2 aliphatic carbocycles. The van der Waals surface area contributed by atoms with Crippen LogP contribution in [0.25, 0.3) is 22.3 Å². The van der Waals surface area contributed by atoms with Crippen LogP contribution >= 0.6 is 0 Å². The minimum atomic E-state index is 0.0814. The Balaban J connectivity index is 1.01. The zero-order valence-electron chi connectivity index (χ0n) is 40.1. The molecule has 0 heterocycles. The molecule has 8 rings (SSSR count). The van der Waals surface area contributed by atoms with E-state index >= 15 is 0 Å². The normalized spacial score (nSPS) is 13.3. The first-order chi connectivity index (χ1) is 31.5. The Bertz CT molecular complexity index is 2380. The lowest BCUT2D eigenvalue weighted by Crippen LogP contribution is -2.25. The van der Waals surface area contributed by atoms with Gasteiger partial charge in [-0.15, -0.1) is 0 Å². The molecule has 6 aromatic rings. The first-order valence-electron chi connectivity index (χ1n) is 25.9. The molecule has 0 atom stereocenters. The molecule has 0 bridgehead atoms. The molecule has 0 saturated carbocycles. The number of fused-ring (bicyclic) bond motifs is 4. The third-order valence-corrected chi connectivity index (χ3v) is 15.0. The number of hydrogen-bond acceptors (Lipinski definition) is 1. The van der Waals surface area contributed by atoms with Crippen LogP contribution in [0.2, 0.25) is 0 Å². The van der Waals surface area contributed by atoms with E-state index in [1.54, 1.807) is 22.3 Å². The first kappa shape index (κ1) is 45.7. The summed E-state index contributed by atoms with van der Waals surface area (Å²) in [6.45, 7) is 9.13. The zero-order chi connectivity index (χ0) is 44.1. The van der Waals surface area contributed by atoms with Crippen LogP contribution in [0.1, 0.15) is 174 Å². The molecule has 0 unspecified atom stereocenters. The predicted molar refractivity (Wildman–Crippen MR) is 278 cm³/mol. The fraction of sp³-hybridized carbons (Fsp3) is 0.429. The van der Waals surface area contributed by atoms with Crippen molar-refractivity contribution in [1.29, 1.82) is 0 Å². The van der Waals surface area contributed by atoms with Crippen molar-refractivity contribution in [1.82, 2.24) is 0 Å². The van der Waals surface area contributed by atoms with Crippen LogP contribution in [0.4, 0.5) is 17.1 Å². The first-order valence-corrected chi connectivity index (χ1v) is 25.9. The van der Waals surface area contributed by atoms with Crippen LogP contribution in [-0.2, 0) is 31.1 Å². The molecule has 0 aromatic heterocycles. The molecule has 0 spiro atoms. The van der Waals surface area contributed by atoms with Gasteiger partial charge in [0, 0.05) is 22.5 Å². The van der Waals surface area contributed by atoms with E-state index < -0.39 is 0 Å². The van der Waals surface area contributed by atoms with Gasteiger partial charge < -0.3 is 4.90 Å². The van der Waals surface area contributed by atoms with Gasteiger partial charge in [-0.2, -0.15) is 0 Å². The highest BCUT2D eigenvalue weighted by atomic mass is 15.1. The maximum absolute atomic E-state index is 2.61. The Morgan fingerprint density at radius 2 is 0.938 bits per heavy atom. The van der Waals surface area contributed by atoms with Gasteiger partial charge in [0.2, 0.25) is 0 Å². The minimum Gasteiger partial charge on any atom is -0.310 e. The smallest absolute Gasteiger partial charge is 0.0464 e. The number of anilines is 3. The van der Waals surface area contributed by atoms with Crippen LogP contribution in [0, 0.1) is 13.8 Å². The van der Waals surface area contributed by atoms with Gasteiger partial charge in [0.1, 0.15) is 0 Å². The van der Waals surface area contributed by atoms with E-state index in [1.807, 2.05) is 0 Å². The van der Waals surface area contributed by atoms with Gasteiger partial charge in [0.05, 0.1) is 0 Å². The zero-order valence-corrected chi connectivity index (χ0v) is 40.1. The molecule has 2 aliphatic rings. The number of hydrogen-bond donors (Lipinski definition) is 0. The van der Waals surface area contributed by atoms with Gasteiger partial charge in [-0.25, -0.2) is 0 Å². The topological polar surface area (TPSA) is 3.24 Å². The van der Waals surface area contributed by atoms with Crippen LogP contribution in [0.3, 0.4) is 0 Å². The van der Waals surface area contributed by atoms with Crippen LogP contribution in [0.15, 0.2) is 127 Å². The lowest BCUT2D eigenvalue weighted by Gasteiger charge is -2.33. The van der Waals surface area contributed by atoms with Crippen molar-refractivity contribution in [2.75, 3.05) is 4.90 Å². The highest BCUT2D eigenvalue weighted by Gasteiger charge is 2.42. The van der Waals surface area contributed by atoms with Gasteiger partial charge in [-0.3, -0.25) is 0 Å². The third kappa shape index (κ3) is 11.0. The maximum atomic E-state index is 2.61. The largest absolute Gasteiger partial charge is 0.310 e. The molecule has 6 aromatic carbocycles. The second-order valence-corrected chi connectivity index (χ2v) is 19.8. The molecular weight excluding hydrogens is 771 g/mol. The van der Waals surface area contributed by atoms with Crippen LogP contribution < -0.4 is 4.90 Å². The fourth-order valence-corrected chi connectivity index (χ4v) is 11.1. The Morgan fingerprint density at radius 1 is 0.406 bits per heavy atom. The number of rotatable bonds is 25. The van der Waals surface area contributed by atoms with Gasteiger partial charge in [-0.1, -0.05) is 200 Å². The Hall–Kier alpha value is -4.88. The molecule has 334 valence electrons. The van der Waals surface area contributed by atoms with Gasteiger partial charge in [-0.05, 0) is 163 Å². The summed E-state index contributed by atoms with van der Waals surface area (Å²) in [5, 5.41) is 0. The number of nitrogens with zero attached hydrogens (tertiary/aromatic N) is 1. The van der Waals surface area contributed by atoms with Gasteiger partial charge in [0.15, 0.2) is 0 Å². The quantitative estimate of drug-likeness (QED) is 0.0519. The summed E-state index contributed by atoms with van der Waals surface area (Å²) in [4.78, 5) is 2.45. The molecule has 1 heteroatoms. The second-order valence-electron chi connectivity index (χ2n) is 19.8. The number of benzene rings is 6. The lowest BCUT2D eigenvalue weighted by atomic mass is 9.70. The summed E-state index contributed by atoms with van der Waals surface area (Å²) in [6, 6.07) is 49.8. The van der Waals surface area contributed by atoms with E-state index in [9.17, 15) is 0 Å². The summed E-state index contributed by atoms with van der Waals surface area (Å²) in [5.41, 5.74) is 21.3. The van der Waals surface area contributed by atoms with Crippen molar-refractivity contribution >= 4 is 17.1 Å². The lowest BCUT2D eigenvalue weighted by molar-refractivity contribution is 0.398. The summed E-state index contributed by atoms with van der Waals surface area (Å²) < 4.78 is 0. The second kappa shape index (κ2) is 22.3. The summed E-state index contributed by atoms with van der Waals surface area (Å²) in [6.07, 6.45) is 28.6. The fourth-order valence-electron chi connectivity index (χ4n) is 11.1. The molecule has 0 radical (unpaired) electrons. The predicted octanol–water partition coefficient (Wildman–Crippen LogP) is 18.7. The molecule has 64 heavy (non-hydrogen) atoms. The summed E-state index contributed by atoms with van der Waals surface area (Å²) >= 11 is 0.